The number of para-hydroxylation sites is 4. The molecular weight excluding hydrogens is 276 g/mol. The minimum Gasteiger partial charge on any atom is -0.424 e. The molecule has 0 fully saturated rings. The van der Waals surface area contributed by atoms with Gasteiger partial charge in [0.1, 0.15) is 11.3 Å². The first-order valence-electron chi connectivity index (χ1n) is 7.40. The smallest absolute Gasteiger partial charge is 0.296 e. The molecule has 110 valence electrons. The summed E-state index contributed by atoms with van der Waals surface area (Å²) in [6, 6.07) is 16.3. The van der Waals surface area contributed by atoms with Crippen LogP contribution in [0.1, 0.15) is 25.2 Å². The van der Waals surface area contributed by atoms with Gasteiger partial charge in [0.05, 0.1) is 17.1 Å². The van der Waals surface area contributed by atoms with Crippen molar-refractivity contribution in [1.82, 2.24) is 15.0 Å². The van der Waals surface area contributed by atoms with Gasteiger partial charge in [-0.05, 0) is 30.7 Å². The fourth-order valence-electron chi connectivity index (χ4n) is 2.58. The number of hydrogen-bond donors (Lipinski definition) is 2. The first kappa shape index (κ1) is 12.9. The fourth-order valence-corrected chi connectivity index (χ4v) is 2.58. The zero-order valence-electron chi connectivity index (χ0n) is 12.2. The zero-order chi connectivity index (χ0) is 14.9. The second kappa shape index (κ2) is 5.18. The number of hydrogen-bond acceptors (Lipinski definition) is 4. The van der Waals surface area contributed by atoms with E-state index < -0.39 is 0 Å². The standard InChI is InChI=1S/C17H16N4O/c1-2-11(16-18-12-7-3-4-8-13(12)19-16)20-17-21-14-9-5-6-10-15(14)22-17/h3-11H,2H2,1H3,(H,18,19)(H,20,21). The molecule has 5 heteroatoms. The molecule has 4 rings (SSSR count). The van der Waals surface area contributed by atoms with Gasteiger partial charge in [-0.3, -0.25) is 0 Å². The fraction of sp³-hybridized carbons (Fsp3) is 0.176. The molecule has 2 aromatic carbocycles. The highest BCUT2D eigenvalue weighted by molar-refractivity contribution is 5.75. The number of rotatable bonds is 4. The summed E-state index contributed by atoms with van der Waals surface area (Å²) in [6.07, 6.45) is 0.874. The predicted molar refractivity (Wildman–Crippen MR) is 86.8 cm³/mol. The van der Waals surface area contributed by atoms with Crippen LogP contribution in [0.2, 0.25) is 0 Å². The van der Waals surface area contributed by atoms with Crippen LogP contribution < -0.4 is 5.32 Å². The summed E-state index contributed by atoms with van der Waals surface area (Å²) in [4.78, 5) is 12.5. The van der Waals surface area contributed by atoms with Crippen LogP contribution in [0.3, 0.4) is 0 Å². The lowest BCUT2D eigenvalue weighted by molar-refractivity contribution is 0.586. The van der Waals surface area contributed by atoms with Gasteiger partial charge in [-0.2, -0.15) is 4.98 Å². The van der Waals surface area contributed by atoms with E-state index in [1.165, 1.54) is 0 Å². The summed E-state index contributed by atoms with van der Waals surface area (Å²) < 4.78 is 5.73. The number of anilines is 1. The number of benzene rings is 2. The molecule has 0 bridgehead atoms. The molecular formula is C17H16N4O. The Morgan fingerprint density at radius 3 is 2.59 bits per heavy atom. The number of nitrogens with zero attached hydrogens (tertiary/aromatic N) is 2. The summed E-state index contributed by atoms with van der Waals surface area (Å²) in [6.45, 7) is 2.10. The van der Waals surface area contributed by atoms with Gasteiger partial charge in [-0.1, -0.05) is 31.2 Å². The summed E-state index contributed by atoms with van der Waals surface area (Å²) in [5.41, 5.74) is 3.64. The molecule has 0 aliphatic carbocycles. The third-order valence-electron chi connectivity index (χ3n) is 3.74. The number of fused-ring (bicyclic) bond motifs is 2. The number of imidazole rings is 1. The molecule has 2 heterocycles. The molecule has 0 saturated carbocycles. The van der Waals surface area contributed by atoms with Crippen LogP contribution in [-0.4, -0.2) is 15.0 Å². The first-order valence-corrected chi connectivity index (χ1v) is 7.40. The summed E-state index contributed by atoms with van der Waals surface area (Å²) >= 11 is 0. The maximum atomic E-state index is 5.73. The van der Waals surface area contributed by atoms with E-state index >= 15 is 0 Å². The number of oxazole rings is 1. The summed E-state index contributed by atoms with van der Waals surface area (Å²) in [5.74, 6) is 0.894. The van der Waals surface area contributed by atoms with Crippen LogP contribution in [0.4, 0.5) is 6.01 Å². The molecule has 2 N–H and O–H groups in total. The average molecular weight is 292 g/mol. The maximum absolute atomic E-state index is 5.73. The third kappa shape index (κ3) is 2.20. The van der Waals surface area contributed by atoms with Crippen LogP contribution >= 0.6 is 0 Å². The lowest BCUT2D eigenvalue weighted by atomic mass is 10.2. The molecule has 4 aromatic rings. The van der Waals surface area contributed by atoms with Gasteiger partial charge >= 0.3 is 0 Å². The lowest BCUT2D eigenvalue weighted by Crippen LogP contribution is -2.11. The van der Waals surface area contributed by atoms with E-state index in [1.807, 2.05) is 48.5 Å². The number of H-pyrrole nitrogens is 1. The second-order valence-corrected chi connectivity index (χ2v) is 5.23. The normalized spacial score (nSPS) is 12.8. The predicted octanol–water partition coefficient (Wildman–Crippen LogP) is 4.27. The average Bonchev–Trinajstić information content (AvgIpc) is 3.15. The van der Waals surface area contributed by atoms with E-state index in [-0.39, 0.29) is 6.04 Å². The van der Waals surface area contributed by atoms with Crippen molar-refractivity contribution in [3.8, 4) is 0 Å². The Balaban J connectivity index is 1.66. The Bertz CT molecular complexity index is 858. The Kier molecular flexibility index (Phi) is 3.04. The number of aromatic nitrogens is 3. The van der Waals surface area contributed by atoms with Gasteiger partial charge in [0, 0.05) is 0 Å². The van der Waals surface area contributed by atoms with E-state index in [1.54, 1.807) is 0 Å². The monoisotopic (exact) mass is 292 g/mol. The van der Waals surface area contributed by atoms with Crippen molar-refractivity contribution < 1.29 is 4.42 Å². The van der Waals surface area contributed by atoms with Crippen LogP contribution in [0.25, 0.3) is 22.1 Å². The minimum atomic E-state index is 0.0282. The van der Waals surface area contributed by atoms with Crippen LogP contribution in [0.5, 0.6) is 0 Å². The van der Waals surface area contributed by atoms with Gasteiger partial charge in [0.25, 0.3) is 6.01 Å². The largest absolute Gasteiger partial charge is 0.424 e. The van der Waals surface area contributed by atoms with Crippen molar-refractivity contribution in [2.45, 2.75) is 19.4 Å². The summed E-state index contributed by atoms with van der Waals surface area (Å²) in [5, 5.41) is 3.32. The van der Waals surface area contributed by atoms with Gasteiger partial charge in [-0.15, -0.1) is 0 Å². The molecule has 22 heavy (non-hydrogen) atoms. The van der Waals surface area contributed by atoms with Crippen molar-refractivity contribution in [2.75, 3.05) is 5.32 Å². The topological polar surface area (TPSA) is 66.7 Å². The first-order chi connectivity index (χ1) is 10.8. The maximum Gasteiger partial charge on any atom is 0.296 e. The van der Waals surface area contributed by atoms with Gasteiger partial charge in [0.15, 0.2) is 5.58 Å². The van der Waals surface area contributed by atoms with Crippen LogP contribution in [0.15, 0.2) is 52.9 Å². The highest BCUT2D eigenvalue weighted by Gasteiger charge is 2.16. The number of aromatic amines is 1. The zero-order valence-corrected chi connectivity index (χ0v) is 12.2. The Labute approximate surface area is 127 Å². The quantitative estimate of drug-likeness (QED) is 0.589. The molecule has 1 unspecified atom stereocenters. The van der Waals surface area contributed by atoms with Crippen LogP contribution in [-0.2, 0) is 0 Å². The number of nitrogens with one attached hydrogen (secondary N) is 2. The van der Waals surface area contributed by atoms with Crippen molar-refractivity contribution >= 4 is 28.1 Å². The van der Waals surface area contributed by atoms with E-state index in [0.29, 0.717) is 6.01 Å². The molecule has 5 nitrogen and oxygen atoms in total. The second-order valence-electron chi connectivity index (χ2n) is 5.23. The van der Waals surface area contributed by atoms with Crippen LogP contribution in [0, 0.1) is 0 Å². The minimum absolute atomic E-state index is 0.0282. The van der Waals surface area contributed by atoms with Gasteiger partial charge in [0.2, 0.25) is 0 Å². The van der Waals surface area contributed by atoms with Crippen molar-refractivity contribution in [3.05, 3.63) is 54.4 Å². The summed E-state index contributed by atoms with van der Waals surface area (Å²) in [7, 11) is 0. The highest BCUT2D eigenvalue weighted by atomic mass is 16.4. The highest BCUT2D eigenvalue weighted by Crippen LogP contribution is 2.25. The molecule has 1 atom stereocenters. The molecule has 0 amide bonds. The van der Waals surface area contributed by atoms with E-state index in [9.17, 15) is 0 Å². The molecule has 0 radical (unpaired) electrons. The van der Waals surface area contributed by atoms with Crippen molar-refractivity contribution in [3.63, 3.8) is 0 Å². The van der Waals surface area contributed by atoms with Crippen molar-refractivity contribution in [2.24, 2.45) is 0 Å². The molecule has 2 aromatic heterocycles. The third-order valence-corrected chi connectivity index (χ3v) is 3.74. The molecule has 0 aliphatic heterocycles. The molecule has 0 spiro atoms. The van der Waals surface area contributed by atoms with Crippen molar-refractivity contribution in [1.29, 1.82) is 0 Å². The van der Waals surface area contributed by atoms with E-state index in [2.05, 4.69) is 27.2 Å². The molecule has 0 aliphatic rings. The Morgan fingerprint density at radius 1 is 1.05 bits per heavy atom. The Morgan fingerprint density at radius 2 is 1.82 bits per heavy atom. The van der Waals surface area contributed by atoms with E-state index in [4.69, 9.17) is 4.42 Å². The van der Waals surface area contributed by atoms with Gasteiger partial charge < -0.3 is 14.7 Å². The molecule has 0 saturated heterocycles. The lowest BCUT2D eigenvalue weighted by Gasteiger charge is -2.12. The van der Waals surface area contributed by atoms with Gasteiger partial charge in [-0.25, -0.2) is 4.98 Å². The van der Waals surface area contributed by atoms with E-state index in [0.717, 1.165) is 34.4 Å². The SMILES string of the molecule is CCC(Nc1nc2ccccc2o1)c1nc2ccccc2[nH]1. The Hall–Kier alpha value is -2.82.